The van der Waals surface area contributed by atoms with E-state index in [0.717, 1.165) is 31.3 Å². The maximum Gasteiger partial charge on any atom is 0.186 e. The summed E-state index contributed by atoms with van der Waals surface area (Å²) in [6, 6.07) is 0. The zero-order chi connectivity index (χ0) is 49.4. The Morgan fingerprint density at radius 2 is 1.22 bits per heavy atom. The van der Waals surface area contributed by atoms with Crippen molar-refractivity contribution in [1.82, 2.24) is 0 Å². The summed E-state index contributed by atoms with van der Waals surface area (Å²) in [6.45, 7) is 7.46. The Bertz CT molecular complexity index is 1770. The number of aliphatic hydroxyl groups excluding tert-OH is 13. The molecule has 4 aliphatic carbocycles. The third kappa shape index (κ3) is 8.88. The maximum atomic E-state index is 14.6. The van der Waals surface area contributed by atoms with Crippen LogP contribution in [0.2, 0.25) is 0 Å². The van der Waals surface area contributed by atoms with Gasteiger partial charge in [0.25, 0.3) is 0 Å². The van der Waals surface area contributed by atoms with E-state index >= 15 is 0 Å². The highest BCUT2D eigenvalue weighted by atomic mass is 16.7. The molecule has 21 nitrogen and oxygen atoms in total. The third-order valence-corrected chi connectivity index (χ3v) is 18.2. The molecule has 2 bridgehead atoms. The molecule has 0 aromatic heterocycles. The maximum absolute atomic E-state index is 14.6. The summed E-state index contributed by atoms with van der Waals surface area (Å²) < 4.78 is 42.9. The van der Waals surface area contributed by atoms with Gasteiger partial charge in [-0.25, -0.2) is 0 Å². The molecule has 4 heterocycles. The number of Topliss-reactive ketones (excluding diaryl/α,β-unsaturated/α-hetero) is 1. The van der Waals surface area contributed by atoms with Crippen LogP contribution >= 0.6 is 0 Å². The monoisotopic (exact) mass is 976 g/mol. The fraction of sp³-hybridized carbons (Fsp3) is 0.936. The van der Waals surface area contributed by atoms with E-state index in [9.17, 15) is 71.2 Å². The minimum absolute atomic E-state index is 0.100. The highest BCUT2D eigenvalue weighted by Crippen LogP contribution is 2.73. The fourth-order valence-electron chi connectivity index (χ4n) is 14.4. The average Bonchev–Trinajstić information content (AvgIpc) is 3.52. The van der Waals surface area contributed by atoms with Crippen molar-refractivity contribution in [3.63, 3.8) is 0 Å². The number of ether oxygens (including phenoxy) is 7. The molecule has 0 radical (unpaired) electrons. The average molecular weight is 977 g/mol. The number of hydrogen-bond donors (Lipinski definition) is 13. The first-order valence-corrected chi connectivity index (χ1v) is 24.5. The minimum atomic E-state index is -1.74. The van der Waals surface area contributed by atoms with Crippen LogP contribution in [-0.4, -0.2) is 234 Å². The van der Waals surface area contributed by atoms with Crippen molar-refractivity contribution >= 4 is 5.78 Å². The molecular weight excluding hydrogens is 900 g/mol. The van der Waals surface area contributed by atoms with Crippen molar-refractivity contribution in [3.05, 3.63) is 12.2 Å². The largest absolute Gasteiger partial charge is 0.394 e. The summed E-state index contributed by atoms with van der Waals surface area (Å²) in [4.78, 5) is 14.6. The summed E-state index contributed by atoms with van der Waals surface area (Å²) >= 11 is 0. The van der Waals surface area contributed by atoms with Gasteiger partial charge in [0.1, 0.15) is 91.6 Å². The van der Waals surface area contributed by atoms with E-state index in [4.69, 9.17) is 33.2 Å². The summed E-state index contributed by atoms with van der Waals surface area (Å²) in [6.07, 6.45) is -20.8. The lowest BCUT2D eigenvalue weighted by atomic mass is 9.40. The Labute approximate surface area is 395 Å². The Morgan fingerprint density at radius 3 is 1.90 bits per heavy atom. The summed E-state index contributed by atoms with van der Waals surface area (Å²) in [5.74, 6) is -1.34. The van der Waals surface area contributed by atoms with Gasteiger partial charge in [-0.3, -0.25) is 4.79 Å². The highest BCUT2D eigenvalue weighted by molar-refractivity contribution is 5.90. The number of rotatable bonds is 14. The number of hydrogen-bond acceptors (Lipinski definition) is 21. The van der Waals surface area contributed by atoms with Gasteiger partial charge in [-0.15, -0.1) is 0 Å². The second-order valence-corrected chi connectivity index (χ2v) is 21.9. The number of ketones is 1. The lowest BCUT2D eigenvalue weighted by molar-refractivity contribution is -0.338. The lowest BCUT2D eigenvalue weighted by Crippen LogP contribution is -2.65. The van der Waals surface area contributed by atoms with Gasteiger partial charge in [-0.1, -0.05) is 26.8 Å². The molecule has 8 unspecified atom stereocenters. The van der Waals surface area contributed by atoms with Crippen LogP contribution in [0.5, 0.6) is 0 Å². The zero-order valence-corrected chi connectivity index (χ0v) is 39.1. The van der Waals surface area contributed by atoms with Crippen molar-refractivity contribution in [2.45, 2.75) is 200 Å². The van der Waals surface area contributed by atoms with E-state index in [0.29, 0.717) is 32.1 Å². The highest BCUT2D eigenvalue weighted by Gasteiger charge is 2.69. The van der Waals surface area contributed by atoms with Gasteiger partial charge in [0, 0.05) is 11.3 Å². The van der Waals surface area contributed by atoms with Crippen LogP contribution in [-0.2, 0) is 38.0 Å². The van der Waals surface area contributed by atoms with Crippen LogP contribution in [0.1, 0.15) is 78.6 Å². The van der Waals surface area contributed by atoms with E-state index in [1.54, 1.807) is 0 Å². The smallest absolute Gasteiger partial charge is 0.186 e. The normalized spacial score (nSPS) is 54.0. The number of carbonyl (C=O) groups excluding carboxylic acids is 1. The fourth-order valence-corrected chi connectivity index (χ4v) is 14.4. The predicted octanol–water partition coefficient (Wildman–Crippen LogP) is -3.69. The molecule has 4 saturated carbocycles. The lowest BCUT2D eigenvalue weighted by Gasteiger charge is -2.64. The second-order valence-electron chi connectivity index (χ2n) is 21.9. The molecule has 0 amide bonds. The Balaban J connectivity index is 1.01. The van der Waals surface area contributed by atoms with Crippen molar-refractivity contribution in [2.24, 2.45) is 34.0 Å². The van der Waals surface area contributed by atoms with E-state index in [2.05, 4.69) is 13.5 Å². The molecule has 4 aliphatic heterocycles. The Morgan fingerprint density at radius 1 is 0.632 bits per heavy atom. The van der Waals surface area contributed by atoms with Crippen LogP contribution in [0.25, 0.3) is 0 Å². The zero-order valence-electron chi connectivity index (χ0n) is 39.1. The quantitative estimate of drug-likeness (QED) is 0.0746. The number of aliphatic hydroxyl groups is 13. The molecule has 0 aromatic rings. The molecule has 13 N–H and O–H groups in total. The van der Waals surface area contributed by atoms with E-state index in [-0.39, 0.29) is 48.3 Å². The van der Waals surface area contributed by atoms with Gasteiger partial charge in [0.2, 0.25) is 0 Å². The topological polar surface area (TPSA) is 345 Å². The van der Waals surface area contributed by atoms with Gasteiger partial charge in [-0.05, 0) is 86.5 Å². The first-order valence-electron chi connectivity index (χ1n) is 24.5. The molecule has 26 atom stereocenters. The molecule has 0 aromatic carbocycles. The Hall–Kier alpha value is -1.39. The van der Waals surface area contributed by atoms with Gasteiger partial charge in [-0.2, -0.15) is 0 Å². The molecule has 8 fully saturated rings. The predicted molar refractivity (Wildman–Crippen MR) is 231 cm³/mol. The van der Waals surface area contributed by atoms with E-state index in [1.165, 1.54) is 6.92 Å². The van der Waals surface area contributed by atoms with Crippen LogP contribution in [0.3, 0.4) is 0 Å². The van der Waals surface area contributed by atoms with Gasteiger partial charge >= 0.3 is 0 Å². The van der Waals surface area contributed by atoms with Crippen LogP contribution in [0.15, 0.2) is 12.2 Å². The molecule has 4 saturated heterocycles. The first kappa shape index (κ1) is 52.9. The molecular formula is C47H76O21. The molecule has 1 spiro atoms. The van der Waals surface area contributed by atoms with Gasteiger partial charge in [0.05, 0.1) is 63.6 Å². The second kappa shape index (κ2) is 20.1. The van der Waals surface area contributed by atoms with Crippen LogP contribution in [0, 0.1) is 34.0 Å². The standard InChI is InChI=1S/C47H76O21/c1-20-12-46-10-6-28-44(3,8-5-9-45(28,4)42(61)41-38(59)37(58)33(54)25(15-50)67-41)29(46)7-11-47(20,19-46)63-18-27-40(68-43-39(60)35(56)30(51)21(2)64-43)22(31(52)23(13-48)66-27)16-62-17-26-34(55)36(57)32(53)24(14-49)65-26/h21-41,43,48-60H,1,5-19H2,2-4H3/t21?,22-,23?,24?,25?,26-,27-,28-,29-,30-,31+,32-,33-,34?,35-,36-,37-,38?,39?,40?,41+,43-,44+,45+,46+,47-/m0/s1. The molecule has 390 valence electrons. The van der Waals surface area contributed by atoms with E-state index in [1.807, 2.05) is 6.92 Å². The first-order chi connectivity index (χ1) is 32.1. The van der Waals surface area contributed by atoms with Crippen molar-refractivity contribution in [3.8, 4) is 0 Å². The summed E-state index contributed by atoms with van der Waals surface area (Å²) in [7, 11) is 0. The Kier molecular flexibility index (Phi) is 15.7. The van der Waals surface area contributed by atoms with Crippen molar-refractivity contribution in [2.75, 3.05) is 39.6 Å². The minimum Gasteiger partial charge on any atom is -0.394 e. The molecule has 8 aliphatic rings. The van der Waals surface area contributed by atoms with Gasteiger partial charge < -0.3 is 99.5 Å². The van der Waals surface area contributed by atoms with Crippen LogP contribution in [0.4, 0.5) is 0 Å². The molecule has 8 rings (SSSR count). The SMILES string of the molecule is C=C1C[C@@]23CC[C@H]4[C@@](C)(CCC[C@@]4(C)C(=O)[C@@H]4OC(CO)[C@H](O)[C@H](O)C4O)[C@@H]2CC[C@]1(OC[C@@H]1OC(CO)[C@H](O)[C@H](COC[C@@H]2OC(CO)[C@H](O)[C@H](O)C2O)C1O[C@@H]1OC(C)[C@H](O)[C@H](O)C1O)C3. The third-order valence-electron chi connectivity index (χ3n) is 18.2. The summed E-state index contributed by atoms with van der Waals surface area (Å²) in [5, 5.41) is 137. The molecule has 68 heavy (non-hydrogen) atoms. The number of carbonyl (C=O) groups is 1. The van der Waals surface area contributed by atoms with E-state index < -0.39 is 153 Å². The summed E-state index contributed by atoms with van der Waals surface area (Å²) in [5.41, 5.74) is -1.43. The van der Waals surface area contributed by atoms with Crippen molar-refractivity contribution < 1.29 is 104 Å². The molecule has 21 heteroatoms. The van der Waals surface area contributed by atoms with Crippen LogP contribution < -0.4 is 0 Å². The van der Waals surface area contributed by atoms with Crippen molar-refractivity contribution in [1.29, 1.82) is 0 Å². The van der Waals surface area contributed by atoms with Gasteiger partial charge in [0.15, 0.2) is 12.1 Å². The number of fused-ring (bicyclic) bond motifs is 3.